The van der Waals surface area contributed by atoms with E-state index in [2.05, 4.69) is 0 Å². The summed E-state index contributed by atoms with van der Waals surface area (Å²) in [7, 11) is 1.60. The quantitative estimate of drug-likeness (QED) is 0.812. The van der Waals surface area contributed by atoms with Crippen molar-refractivity contribution in [3.05, 3.63) is 28.8 Å². The Morgan fingerprint density at radius 3 is 2.69 bits per heavy atom. The van der Waals surface area contributed by atoms with Crippen molar-refractivity contribution in [3.8, 4) is 5.75 Å². The fraction of sp³-hybridized carbons (Fsp3) is 0.400. The highest BCUT2D eigenvalue weighted by Gasteiger charge is 2.06. The van der Waals surface area contributed by atoms with Gasteiger partial charge in [-0.25, -0.2) is 0 Å². The Labute approximate surface area is 83.1 Å². The lowest BCUT2D eigenvalue weighted by molar-refractivity contribution is 0.273. The minimum atomic E-state index is 0.0904. The molecular formula is C10H13ClO2. The topological polar surface area (TPSA) is 29.5 Å². The molecule has 1 N–H and O–H groups in total. The molecule has 0 fully saturated rings. The molecule has 3 heteroatoms. The van der Waals surface area contributed by atoms with Gasteiger partial charge in [0.2, 0.25) is 0 Å². The van der Waals surface area contributed by atoms with Crippen molar-refractivity contribution < 1.29 is 9.84 Å². The van der Waals surface area contributed by atoms with Crippen molar-refractivity contribution in [2.75, 3.05) is 13.7 Å². The lowest BCUT2D eigenvalue weighted by Crippen LogP contribution is -1.99. The fourth-order valence-electron chi connectivity index (χ4n) is 1.09. The summed E-state index contributed by atoms with van der Waals surface area (Å²) in [5.41, 5.74) is 0.992. The van der Waals surface area contributed by atoms with Crippen molar-refractivity contribution in [2.45, 2.75) is 12.8 Å². The molecule has 0 spiro atoms. The molecule has 0 aliphatic heterocycles. The first kappa shape index (κ1) is 10.4. The Balaban J connectivity index is 3.01. The molecule has 0 saturated carbocycles. The largest absolute Gasteiger partial charge is 0.497 e. The van der Waals surface area contributed by atoms with Gasteiger partial charge < -0.3 is 9.84 Å². The van der Waals surface area contributed by atoms with E-state index in [1.165, 1.54) is 0 Å². The second-order valence-corrected chi connectivity index (χ2v) is 3.44. The highest BCUT2D eigenvalue weighted by atomic mass is 35.5. The van der Waals surface area contributed by atoms with Gasteiger partial charge in [0.25, 0.3) is 0 Å². The Morgan fingerprint density at radius 2 is 2.15 bits per heavy atom. The Hall–Kier alpha value is -0.730. The summed E-state index contributed by atoms with van der Waals surface area (Å²) in [4.78, 5) is 0. The summed E-state index contributed by atoms with van der Waals surface area (Å²) < 4.78 is 5.06. The molecule has 0 radical (unpaired) electrons. The maximum absolute atomic E-state index is 8.96. The average Bonchev–Trinajstić information content (AvgIpc) is 2.15. The number of halogens is 1. The third kappa shape index (κ3) is 2.61. The van der Waals surface area contributed by atoms with Gasteiger partial charge in [-0.2, -0.15) is 0 Å². The van der Waals surface area contributed by atoms with Gasteiger partial charge in [0.05, 0.1) is 7.11 Å². The maximum Gasteiger partial charge on any atom is 0.120 e. The summed E-state index contributed by atoms with van der Waals surface area (Å²) in [6.07, 6.45) is 0. The molecule has 0 bridgehead atoms. The van der Waals surface area contributed by atoms with Gasteiger partial charge in [-0.1, -0.05) is 18.5 Å². The molecule has 72 valence electrons. The number of rotatable bonds is 3. The Kier molecular flexibility index (Phi) is 3.58. The van der Waals surface area contributed by atoms with Crippen LogP contribution in [-0.2, 0) is 0 Å². The predicted molar refractivity (Wildman–Crippen MR) is 53.5 cm³/mol. The van der Waals surface area contributed by atoms with Crippen LogP contribution in [0, 0.1) is 0 Å². The van der Waals surface area contributed by atoms with Crippen molar-refractivity contribution in [1.29, 1.82) is 0 Å². The molecule has 0 aliphatic rings. The third-order valence-electron chi connectivity index (χ3n) is 1.97. The number of methoxy groups -OCH3 is 1. The fourth-order valence-corrected chi connectivity index (χ4v) is 1.33. The van der Waals surface area contributed by atoms with Crippen molar-refractivity contribution in [3.63, 3.8) is 0 Å². The first-order valence-electron chi connectivity index (χ1n) is 4.12. The molecule has 0 saturated heterocycles. The molecule has 0 aromatic heterocycles. The van der Waals surface area contributed by atoms with Gasteiger partial charge in [-0.3, -0.25) is 0 Å². The number of benzene rings is 1. The molecule has 13 heavy (non-hydrogen) atoms. The smallest absolute Gasteiger partial charge is 0.120 e. The van der Waals surface area contributed by atoms with E-state index >= 15 is 0 Å². The molecule has 2 nitrogen and oxygen atoms in total. The van der Waals surface area contributed by atoms with E-state index in [1.54, 1.807) is 13.2 Å². The van der Waals surface area contributed by atoms with Crippen LogP contribution in [0.15, 0.2) is 18.2 Å². The molecular weight excluding hydrogens is 188 g/mol. The van der Waals surface area contributed by atoms with Gasteiger partial charge in [-0.15, -0.1) is 0 Å². The number of ether oxygens (including phenoxy) is 1. The molecule has 1 unspecified atom stereocenters. The van der Waals surface area contributed by atoms with E-state index in [9.17, 15) is 0 Å². The van der Waals surface area contributed by atoms with Crippen molar-refractivity contribution in [1.82, 2.24) is 0 Å². The van der Waals surface area contributed by atoms with Gasteiger partial charge >= 0.3 is 0 Å². The minimum absolute atomic E-state index is 0.0904. The van der Waals surface area contributed by atoms with E-state index in [-0.39, 0.29) is 12.5 Å². The third-order valence-corrected chi connectivity index (χ3v) is 2.19. The Bertz CT molecular complexity index is 286. The lowest BCUT2D eigenvalue weighted by Gasteiger charge is -2.10. The summed E-state index contributed by atoms with van der Waals surface area (Å²) in [6, 6.07) is 5.47. The summed E-state index contributed by atoms with van der Waals surface area (Å²) in [5.74, 6) is 0.815. The summed E-state index contributed by atoms with van der Waals surface area (Å²) in [5, 5.41) is 9.59. The zero-order chi connectivity index (χ0) is 9.84. The van der Waals surface area contributed by atoms with Crippen LogP contribution in [0.25, 0.3) is 0 Å². The zero-order valence-electron chi connectivity index (χ0n) is 7.75. The predicted octanol–water partition coefficient (Wildman–Crippen LogP) is 2.44. The van der Waals surface area contributed by atoms with Crippen LogP contribution in [-0.4, -0.2) is 18.8 Å². The highest BCUT2D eigenvalue weighted by molar-refractivity contribution is 6.30. The SMILES string of the molecule is COc1cc(Cl)cc(C(C)CO)c1. The molecule has 1 atom stereocenters. The number of hydrogen-bond acceptors (Lipinski definition) is 2. The highest BCUT2D eigenvalue weighted by Crippen LogP contribution is 2.25. The number of aliphatic hydroxyl groups is 1. The number of hydrogen-bond donors (Lipinski definition) is 1. The normalized spacial score (nSPS) is 12.6. The summed E-state index contributed by atoms with van der Waals surface area (Å²) in [6.45, 7) is 2.05. The van der Waals surface area contributed by atoms with Gasteiger partial charge in [-0.05, 0) is 23.8 Å². The maximum atomic E-state index is 8.96. The van der Waals surface area contributed by atoms with E-state index in [0.29, 0.717) is 5.02 Å². The molecule has 1 rings (SSSR count). The van der Waals surface area contributed by atoms with Crippen LogP contribution in [0.2, 0.25) is 5.02 Å². The average molecular weight is 201 g/mol. The van der Waals surface area contributed by atoms with Gasteiger partial charge in [0.1, 0.15) is 5.75 Å². The van der Waals surface area contributed by atoms with E-state index < -0.39 is 0 Å². The van der Waals surface area contributed by atoms with Crippen LogP contribution >= 0.6 is 11.6 Å². The number of aliphatic hydroxyl groups excluding tert-OH is 1. The van der Waals surface area contributed by atoms with E-state index in [4.69, 9.17) is 21.4 Å². The standard InChI is InChI=1S/C10H13ClO2/c1-7(6-12)8-3-9(11)5-10(4-8)13-2/h3-5,7,12H,6H2,1-2H3. The Morgan fingerprint density at radius 1 is 1.46 bits per heavy atom. The second kappa shape index (κ2) is 4.49. The van der Waals surface area contributed by atoms with E-state index in [0.717, 1.165) is 11.3 Å². The van der Waals surface area contributed by atoms with Crippen LogP contribution in [0.4, 0.5) is 0 Å². The molecule has 1 aromatic rings. The minimum Gasteiger partial charge on any atom is -0.497 e. The first-order chi connectivity index (χ1) is 6.17. The van der Waals surface area contributed by atoms with Crippen molar-refractivity contribution >= 4 is 11.6 Å². The van der Waals surface area contributed by atoms with Crippen LogP contribution in [0.5, 0.6) is 5.75 Å². The van der Waals surface area contributed by atoms with Crippen LogP contribution in [0.3, 0.4) is 0 Å². The lowest BCUT2D eigenvalue weighted by atomic mass is 10.0. The zero-order valence-corrected chi connectivity index (χ0v) is 8.51. The molecule has 1 aromatic carbocycles. The van der Waals surface area contributed by atoms with E-state index in [1.807, 2.05) is 19.1 Å². The first-order valence-corrected chi connectivity index (χ1v) is 4.50. The van der Waals surface area contributed by atoms with Gasteiger partial charge in [0.15, 0.2) is 0 Å². The van der Waals surface area contributed by atoms with Crippen LogP contribution < -0.4 is 4.74 Å². The molecule has 0 amide bonds. The van der Waals surface area contributed by atoms with Crippen LogP contribution in [0.1, 0.15) is 18.4 Å². The second-order valence-electron chi connectivity index (χ2n) is 3.01. The summed E-state index contributed by atoms with van der Waals surface area (Å²) >= 11 is 5.87. The van der Waals surface area contributed by atoms with Crippen molar-refractivity contribution in [2.24, 2.45) is 0 Å². The van der Waals surface area contributed by atoms with Gasteiger partial charge in [0, 0.05) is 17.5 Å². The molecule has 0 aliphatic carbocycles. The molecule has 0 heterocycles. The monoisotopic (exact) mass is 200 g/mol.